The van der Waals surface area contributed by atoms with Crippen molar-refractivity contribution in [2.24, 2.45) is 0 Å². The molecule has 0 aliphatic heterocycles. The van der Waals surface area contributed by atoms with E-state index in [1.54, 1.807) is 0 Å². The van der Waals surface area contributed by atoms with Gasteiger partial charge in [-0.2, -0.15) is 0 Å². The fourth-order valence-electron chi connectivity index (χ4n) is 1.62. The molecule has 0 saturated carbocycles. The van der Waals surface area contributed by atoms with E-state index in [9.17, 15) is 0 Å². The molecule has 0 unspecified atom stereocenters. The number of benzene rings is 2. The lowest BCUT2D eigenvalue weighted by atomic mass is 10.0. The molecule has 82 valence electrons. The van der Waals surface area contributed by atoms with E-state index in [-0.39, 0.29) is 0 Å². The zero-order chi connectivity index (χ0) is 11.7. The van der Waals surface area contributed by atoms with Crippen LogP contribution in [-0.2, 0) is 0 Å². The van der Waals surface area contributed by atoms with E-state index >= 15 is 0 Å². The number of anilines is 1. The summed E-state index contributed by atoms with van der Waals surface area (Å²) in [5, 5.41) is 0. The zero-order valence-electron chi connectivity index (χ0n) is 8.80. The Hall–Kier alpha value is -0.300. The SMILES string of the molecule is Cc1ccc(-c2c(N)cc(I)cc2I)cc1. The predicted octanol–water partition coefficient (Wildman–Crippen LogP) is 4.45. The second-order valence-corrected chi connectivity index (χ2v) is 6.13. The number of rotatable bonds is 1. The van der Waals surface area contributed by atoms with Gasteiger partial charge in [0.25, 0.3) is 0 Å². The third-order valence-electron chi connectivity index (χ3n) is 2.43. The van der Waals surface area contributed by atoms with Crippen LogP contribution in [0.3, 0.4) is 0 Å². The third-order valence-corrected chi connectivity index (χ3v) is 3.90. The lowest BCUT2D eigenvalue weighted by Crippen LogP contribution is -1.94. The summed E-state index contributed by atoms with van der Waals surface area (Å²) in [7, 11) is 0. The summed E-state index contributed by atoms with van der Waals surface area (Å²) >= 11 is 4.63. The smallest absolute Gasteiger partial charge is 0.0415 e. The number of nitrogens with two attached hydrogens (primary N) is 1. The fourth-order valence-corrected chi connectivity index (χ4v) is 3.82. The van der Waals surface area contributed by atoms with Crippen LogP contribution in [0.1, 0.15) is 5.56 Å². The van der Waals surface area contributed by atoms with Gasteiger partial charge < -0.3 is 5.73 Å². The molecular weight excluding hydrogens is 424 g/mol. The highest BCUT2D eigenvalue weighted by Gasteiger charge is 2.08. The summed E-state index contributed by atoms with van der Waals surface area (Å²) in [6.45, 7) is 2.09. The Kier molecular flexibility index (Phi) is 3.73. The minimum Gasteiger partial charge on any atom is -0.398 e. The molecule has 0 saturated heterocycles. The molecule has 0 spiro atoms. The lowest BCUT2D eigenvalue weighted by molar-refractivity contribution is 1.46. The molecule has 2 rings (SSSR count). The molecule has 0 atom stereocenters. The van der Waals surface area contributed by atoms with Gasteiger partial charge in [-0.1, -0.05) is 29.8 Å². The van der Waals surface area contributed by atoms with Crippen LogP contribution in [0, 0.1) is 14.1 Å². The van der Waals surface area contributed by atoms with Crippen molar-refractivity contribution in [1.82, 2.24) is 0 Å². The lowest BCUT2D eigenvalue weighted by Gasteiger charge is -2.09. The summed E-state index contributed by atoms with van der Waals surface area (Å²) in [6, 6.07) is 12.6. The van der Waals surface area contributed by atoms with Gasteiger partial charge in [0, 0.05) is 18.4 Å². The van der Waals surface area contributed by atoms with Gasteiger partial charge in [0.05, 0.1) is 0 Å². The Morgan fingerprint density at radius 1 is 1.00 bits per heavy atom. The monoisotopic (exact) mass is 435 g/mol. The van der Waals surface area contributed by atoms with Crippen molar-refractivity contribution in [2.75, 3.05) is 5.73 Å². The average molecular weight is 435 g/mol. The van der Waals surface area contributed by atoms with Crippen molar-refractivity contribution in [1.29, 1.82) is 0 Å². The van der Waals surface area contributed by atoms with Gasteiger partial charge >= 0.3 is 0 Å². The van der Waals surface area contributed by atoms with Crippen molar-refractivity contribution in [3.63, 3.8) is 0 Å². The first-order valence-corrected chi connectivity index (χ1v) is 7.05. The Bertz CT molecular complexity index is 495. The van der Waals surface area contributed by atoms with Gasteiger partial charge in [-0.15, -0.1) is 0 Å². The maximum atomic E-state index is 6.08. The Morgan fingerprint density at radius 2 is 1.62 bits per heavy atom. The van der Waals surface area contributed by atoms with Crippen molar-refractivity contribution in [2.45, 2.75) is 6.92 Å². The van der Waals surface area contributed by atoms with E-state index in [4.69, 9.17) is 5.73 Å². The fraction of sp³-hybridized carbons (Fsp3) is 0.0769. The van der Waals surface area contributed by atoms with Crippen molar-refractivity contribution >= 4 is 50.9 Å². The highest BCUT2D eigenvalue weighted by molar-refractivity contribution is 14.1. The van der Waals surface area contributed by atoms with Gasteiger partial charge in [0.15, 0.2) is 0 Å². The summed E-state index contributed by atoms with van der Waals surface area (Å²) in [5.41, 5.74) is 10.5. The van der Waals surface area contributed by atoms with Crippen LogP contribution in [-0.4, -0.2) is 0 Å². The third kappa shape index (κ3) is 2.51. The largest absolute Gasteiger partial charge is 0.398 e. The molecule has 0 bridgehead atoms. The highest BCUT2D eigenvalue weighted by Crippen LogP contribution is 2.32. The molecule has 3 heteroatoms. The van der Waals surface area contributed by atoms with Crippen LogP contribution < -0.4 is 5.73 Å². The Labute approximate surface area is 123 Å². The summed E-state index contributed by atoms with van der Waals surface area (Å²) in [4.78, 5) is 0. The Balaban J connectivity index is 2.60. The van der Waals surface area contributed by atoms with Gasteiger partial charge in [-0.25, -0.2) is 0 Å². The van der Waals surface area contributed by atoms with E-state index in [1.165, 1.54) is 18.3 Å². The van der Waals surface area contributed by atoms with Gasteiger partial charge in [0.2, 0.25) is 0 Å². The van der Waals surface area contributed by atoms with Crippen molar-refractivity contribution in [3.8, 4) is 11.1 Å². The number of aryl methyl sites for hydroxylation is 1. The summed E-state index contributed by atoms with van der Waals surface area (Å²) in [6.07, 6.45) is 0. The van der Waals surface area contributed by atoms with E-state index in [0.29, 0.717) is 0 Å². The molecule has 2 aromatic carbocycles. The topological polar surface area (TPSA) is 26.0 Å². The second kappa shape index (κ2) is 4.91. The van der Waals surface area contributed by atoms with Crippen LogP contribution in [0.15, 0.2) is 36.4 Å². The van der Waals surface area contributed by atoms with Crippen LogP contribution >= 0.6 is 45.2 Å². The minimum atomic E-state index is 0.847. The average Bonchev–Trinajstić information content (AvgIpc) is 2.19. The zero-order valence-corrected chi connectivity index (χ0v) is 13.1. The molecule has 0 amide bonds. The van der Waals surface area contributed by atoms with Crippen LogP contribution in [0.4, 0.5) is 5.69 Å². The van der Waals surface area contributed by atoms with E-state index in [0.717, 1.165) is 11.3 Å². The summed E-state index contributed by atoms with van der Waals surface area (Å²) < 4.78 is 2.38. The maximum absolute atomic E-state index is 6.08. The van der Waals surface area contributed by atoms with E-state index in [2.05, 4.69) is 82.4 Å². The second-order valence-electron chi connectivity index (χ2n) is 3.72. The van der Waals surface area contributed by atoms with Crippen molar-refractivity contribution < 1.29 is 0 Å². The van der Waals surface area contributed by atoms with Crippen LogP contribution in [0.25, 0.3) is 11.1 Å². The maximum Gasteiger partial charge on any atom is 0.0415 e. The molecule has 0 aliphatic carbocycles. The molecule has 2 N–H and O–H groups in total. The molecule has 0 heterocycles. The minimum absolute atomic E-state index is 0.847. The van der Waals surface area contributed by atoms with Crippen LogP contribution in [0.5, 0.6) is 0 Å². The molecule has 0 aliphatic rings. The first-order chi connectivity index (χ1) is 7.58. The van der Waals surface area contributed by atoms with Gasteiger partial charge in [0.1, 0.15) is 0 Å². The predicted molar refractivity (Wildman–Crippen MR) is 86.5 cm³/mol. The number of nitrogen functional groups attached to an aromatic ring is 1. The van der Waals surface area contributed by atoms with E-state index in [1.807, 2.05) is 6.07 Å². The van der Waals surface area contributed by atoms with Gasteiger partial charge in [-0.3, -0.25) is 0 Å². The number of halogens is 2. The molecule has 0 aromatic heterocycles. The Morgan fingerprint density at radius 3 is 2.19 bits per heavy atom. The van der Waals surface area contributed by atoms with Gasteiger partial charge in [-0.05, 0) is 69.8 Å². The standard InChI is InChI=1S/C13H11I2N/c1-8-2-4-9(5-3-8)13-11(15)6-10(14)7-12(13)16/h2-7H,16H2,1H3. The quantitative estimate of drug-likeness (QED) is 0.520. The molecule has 0 fully saturated rings. The number of hydrogen-bond donors (Lipinski definition) is 1. The highest BCUT2D eigenvalue weighted by atomic mass is 127. The summed E-state index contributed by atoms with van der Waals surface area (Å²) in [5.74, 6) is 0. The normalized spacial score (nSPS) is 10.4. The molecule has 16 heavy (non-hydrogen) atoms. The first kappa shape index (κ1) is 12.2. The first-order valence-electron chi connectivity index (χ1n) is 4.89. The molecule has 0 radical (unpaired) electrons. The molecule has 2 aromatic rings. The molecule has 1 nitrogen and oxygen atoms in total. The molecular formula is C13H11I2N. The van der Waals surface area contributed by atoms with E-state index < -0.39 is 0 Å². The number of hydrogen-bond acceptors (Lipinski definition) is 1. The van der Waals surface area contributed by atoms with Crippen molar-refractivity contribution in [3.05, 3.63) is 49.1 Å². The van der Waals surface area contributed by atoms with Crippen LogP contribution in [0.2, 0.25) is 0 Å².